The Kier molecular flexibility index (Phi) is 7.15. The number of ether oxygens (including phenoxy) is 1. The summed E-state index contributed by atoms with van der Waals surface area (Å²) < 4.78 is 4.90. The fourth-order valence-electron chi connectivity index (χ4n) is 3.04. The highest BCUT2D eigenvalue weighted by atomic mass is 35.5. The summed E-state index contributed by atoms with van der Waals surface area (Å²) in [4.78, 5) is 60.9. The molecule has 1 saturated heterocycles. The van der Waals surface area contributed by atoms with Gasteiger partial charge in [0, 0.05) is 35.5 Å². The summed E-state index contributed by atoms with van der Waals surface area (Å²) >= 11 is 6.01. The number of hydrogen-bond donors (Lipinski definition) is 1. The van der Waals surface area contributed by atoms with Crippen molar-refractivity contribution in [2.75, 3.05) is 18.5 Å². The maximum Gasteiger partial charge on any atom is 0.308 e. The molecule has 8 nitrogen and oxygen atoms in total. The topological polar surface area (TPSA) is 110 Å². The highest BCUT2D eigenvalue weighted by Crippen LogP contribution is 2.23. The minimum atomic E-state index is -0.723. The van der Waals surface area contributed by atoms with Gasteiger partial charge < -0.3 is 10.1 Å². The third-order valence-corrected chi connectivity index (χ3v) is 4.83. The van der Waals surface area contributed by atoms with Crippen molar-refractivity contribution in [2.24, 2.45) is 0 Å². The minimum Gasteiger partial charge on any atom is -0.456 e. The van der Waals surface area contributed by atoms with Gasteiger partial charge in [0.2, 0.25) is 11.8 Å². The number of rotatable bonds is 8. The van der Waals surface area contributed by atoms with Crippen LogP contribution in [0.1, 0.15) is 35.2 Å². The van der Waals surface area contributed by atoms with Gasteiger partial charge in [-0.15, -0.1) is 0 Å². The molecule has 1 N–H and O–H groups in total. The summed E-state index contributed by atoms with van der Waals surface area (Å²) in [5, 5.41) is 2.87. The molecule has 0 spiro atoms. The lowest BCUT2D eigenvalue weighted by molar-refractivity contribution is -0.148. The maximum atomic E-state index is 12.8. The Hall–Kier alpha value is -3.52. The van der Waals surface area contributed by atoms with E-state index in [9.17, 15) is 24.0 Å². The molecule has 1 aliphatic heterocycles. The van der Waals surface area contributed by atoms with Crippen LogP contribution in [0.3, 0.4) is 0 Å². The lowest BCUT2D eigenvalue weighted by Gasteiger charge is -2.13. The van der Waals surface area contributed by atoms with E-state index in [0.717, 1.165) is 4.90 Å². The van der Waals surface area contributed by atoms with Crippen molar-refractivity contribution in [1.29, 1.82) is 0 Å². The van der Waals surface area contributed by atoms with E-state index in [2.05, 4.69) is 5.32 Å². The maximum absolute atomic E-state index is 12.8. The lowest BCUT2D eigenvalue weighted by atomic mass is 10.0. The predicted molar refractivity (Wildman–Crippen MR) is 111 cm³/mol. The average Bonchev–Trinajstić information content (AvgIpc) is 3.09. The second-order valence-corrected chi connectivity index (χ2v) is 7.22. The van der Waals surface area contributed by atoms with Gasteiger partial charge in [0.05, 0.1) is 12.1 Å². The van der Waals surface area contributed by atoms with Crippen molar-refractivity contribution < 1.29 is 28.7 Å². The lowest BCUT2D eigenvalue weighted by Crippen LogP contribution is -2.32. The zero-order valence-corrected chi connectivity index (χ0v) is 17.2. The fourth-order valence-corrected chi connectivity index (χ4v) is 3.21. The van der Waals surface area contributed by atoms with Crippen LogP contribution in [0.2, 0.25) is 5.02 Å². The molecule has 2 aromatic carbocycles. The van der Waals surface area contributed by atoms with Crippen molar-refractivity contribution in [3.8, 4) is 0 Å². The van der Waals surface area contributed by atoms with E-state index in [-0.39, 0.29) is 54.7 Å². The van der Waals surface area contributed by atoms with Crippen LogP contribution in [0.15, 0.2) is 48.5 Å². The van der Waals surface area contributed by atoms with Crippen LogP contribution in [-0.4, -0.2) is 47.5 Å². The third kappa shape index (κ3) is 5.76. The molecule has 0 saturated carbocycles. The molecular formula is C22H19ClN2O6. The van der Waals surface area contributed by atoms with Crippen LogP contribution < -0.4 is 5.32 Å². The van der Waals surface area contributed by atoms with Gasteiger partial charge >= 0.3 is 5.97 Å². The predicted octanol–water partition coefficient (Wildman–Crippen LogP) is 2.59. The number of esters is 1. The highest BCUT2D eigenvalue weighted by molar-refractivity contribution is 6.31. The number of likely N-dealkylation sites (tertiary alicyclic amines) is 1. The van der Waals surface area contributed by atoms with E-state index in [1.165, 1.54) is 18.2 Å². The Bertz CT molecular complexity index is 1020. The number of carbonyl (C=O) groups is 5. The van der Waals surface area contributed by atoms with Crippen molar-refractivity contribution in [3.63, 3.8) is 0 Å². The van der Waals surface area contributed by atoms with Crippen molar-refractivity contribution in [2.45, 2.75) is 19.3 Å². The molecule has 0 aliphatic carbocycles. The van der Waals surface area contributed by atoms with Crippen LogP contribution in [0, 0.1) is 0 Å². The molecule has 31 heavy (non-hydrogen) atoms. The van der Waals surface area contributed by atoms with Gasteiger partial charge in [-0.05, 0) is 18.2 Å². The molecule has 9 heteroatoms. The molecule has 0 aromatic heterocycles. The number of amides is 3. The number of benzene rings is 2. The largest absolute Gasteiger partial charge is 0.456 e. The summed E-state index contributed by atoms with van der Waals surface area (Å²) in [5.41, 5.74) is 0.856. The minimum absolute atomic E-state index is 0.0783. The van der Waals surface area contributed by atoms with Gasteiger partial charge in [-0.25, -0.2) is 0 Å². The number of halogens is 1. The summed E-state index contributed by atoms with van der Waals surface area (Å²) in [6, 6.07) is 13.0. The molecule has 0 atom stereocenters. The van der Waals surface area contributed by atoms with Gasteiger partial charge in [0.25, 0.3) is 5.91 Å². The molecule has 3 amide bonds. The van der Waals surface area contributed by atoms with Crippen molar-refractivity contribution in [3.05, 3.63) is 64.7 Å². The van der Waals surface area contributed by atoms with Gasteiger partial charge in [0.1, 0.15) is 0 Å². The molecule has 1 aliphatic rings. The van der Waals surface area contributed by atoms with E-state index in [1.54, 1.807) is 30.3 Å². The molecule has 3 rings (SSSR count). The molecule has 0 unspecified atom stereocenters. The highest BCUT2D eigenvalue weighted by Gasteiger charge is 2.29. The number of hydrogen-bond acceptors (Lipinski definition) is 6. The molecule has 1 heterocycles. The first-order valence-corrected chi connectivity index (χ1v) is 9.91. The third-order valence-electron chi connectivity index (χ3n) is 4.59. The molecule has 0 radical (unpaired) electrons. The van der Waals surface area contributed by atoms with E-state index in [1.807, 2.05) is 0 Å². The first kappa shape index (κ1) is 22.2. The quantitative estimate of drug-likeness (QED) is 0.382. The van der Waals surface area contributed by atoms with Gasteiger partial charge in [-0.3, -0.25) is 28.9 Å². The van der Waals surface area contributed by atoms with Crippen LogP contribution in [-0.2, 0) is 23.9 Å². The number of imide groups is 1. The van der Waals surface area contributed by atoms with Crippen LogP contribution in [0.4, 0.5) is 5.69 Å². The Morgan fingerprint density at radius 3 is 2.35 bits per heavy atom. The number of nitrogens with one attached hydrogen (secondary N) is 1. The van der Waals surface area contributed by atoms with Crippen molar-refractivity contribution in [1.82, 2.24) is 4.90 Å². The SMILES string of the molecule is O=C(COC(=O)CCN1C(=O)CCC1=O)Nc1ccc(Cl)cc1C(=O)c1ccccc1. The van der Waals surface area contributed by atoms with Gasteiger partial charge in [-0.2, -0.15) is 0 Å². The average molecular weight is 443 g/mol. The monoisotopic (exact) mass is 442 g/mol. The fraction of sp³-hybridized carbons (Fsp3) is 0.227. The molecule has 160 valence electrons. The normalized spacial score (nSPS) is 13.3. The van der Waals surface area contributed by atoms with E-state index in [0.29, 0.717) is 10.6 Å². The summed E-state index contributed by atoms with van der Waals surface area (Å²) in [7, 11) is 0. The van der Waals surface area contributed by atoms with E-state index >= 15 is 0 Å². The number of anilines is 1. The standard InChI is InChI=1S/C22H19ClN2O6/c23-15-6-7-17(16(12-15)22(30)14-4-2-1-3-5-14)24-18(26)13-31-21(29)10-11-25-19(27)8-9-20(25)28/h1-7,12H,8-11,13H2,(H,24,26). The second kappa shape index (κ2) is 9.99. The number of carbonyl (C=O) groups excluding carboxylic acids is 5. The van der Waals surface area contributed by atoms with Gasteiger partial charge in [0.15, 0.2) is 12.4 Å². The van der Waals surface area contributed by atoms with Crippen LogP contribution >= 0.6 is 11.6 Å². The molecular weight excluding hydrogens is 424 g/mol. The van der Waals surface area contributed by atoms with Crippen LogP contribution in [0.25, 0.3) is 0 Å². The second-order valence-electron chi connectivity index (χ2n) is 6.78. The molecule has 2 aromatic rings. The molecule has 1 fully saturated rings. The Morgan fingerprint density at radius 2 is 1.68 bits per heavy atom. The zero-order chi connectivity index (χ0) is 22.4. The van der Waals surface area contributed by atoms with E-state index < -0.39 is 18.5 Å². The zero-order valence-electron chi connectivity index (χ0n) is 16.4. The summed E-state index contributed by atoms with van der Waals surface area (Å²) in [5.74, 6) is -2.34. The first-order valence-electron chi connectivity index (χ1n) is 9.53. The summed E-state index contributed by atoms with van der Waals surface area (Å²) in [6.07, 6.45) is 0.0757. The van der Waals surface area contributed by atoms with Gasteiger partial charge in [-0.1, -0.05) is 41.9 Å². The Labute approximate surface area is 183 Å². The summed E-state index contributed by atoms with van der Waals surface area (Å²) in [6.45, 7) is -0.659. The smallest absolute Gasteiger partial charge is 0.308 e. The Balaban J connectivity index is 1.57. The molecule has 0 bridgehead atoms. The van der Waals surface area contributed by atoms with E-state index in [4.69, 9.17) is 16.3 Å². The van der Waals surface area contributed by atoms with Crippen molar-refractivity contribution >= 4 is 46.8 Å². The number of nitrogens with zero attached hydrogens (tertiary/aromatic N) is 1. The first-order chi connectivity index (χ1) is 14.8. The van der Waals surface area contributed by atoms with Crippen LogP contribution in [0.5, 0.6) is 0 Å². The Morgan fingerprint density at radius 1 is 1.00 bits per heavy atom. The number of ketones is 1.